The van der Waals surface area contributed by atoms with Crippen molar-refractivity contribution in [3.05, 3.63) is 64.7 Å². The Balaban J connectivity index is 1.45. The number of carbonyl (C=O) groups excluding carboxylic acids is 2. The molecule has 1 aliphatic rings. The lowest BCUT2D eigenvalue weighted by Gasteiger charge is -2.31. The van der Waals surface area contributed by atoms with Gasteiger partial charge in [0.1, 0.15) is 5.75 Å². The number of likely N-dealkylation sites (tertiary alicyclic amines) is 1. The van der Waals surface area contributed by atoms with Gasteiger partial charge >= 0.3 is 0 Å². The molecule has 0 aliphatic carbocycles. The van der Waals surface area contributed by atoms with Gasteiger partial charge in [-0.25, -0.2) is 0 Å². The highest BCUT2D eigenvalue weighted by Gasteiger charge is 2.27. The van der Waals surface area contributed by atoms with Crippen molar-refractivity contribution >= 4 is 11.8 Å². The van der Waals surface area contributed by atoms with Crippen LogP contribution in [-0.4, -0.2) is 43.5 Å². The van der Waals surface area contributed by atoms with Crippen molar-refractivity contribution in [2.24, 2.45) is 5.92 Å². The Morgan fingerprint density at radius 2 is 1.83 bits per heavy atom. The normalized spacial score (nSPS) is 14.5. The van der Waals surface area contributed by atoms with Crippen LogP contribution in [0.4, 0.5) is 0 Å². The third kappa shape index (κ3) is 5.37. The fourth-order valence-electron chi connectivity index (χ4n) is 3.70. The lowest BCUT2D eigenvalue weighted by atomic mass is 9.95. The van der Waals surface area contributed by atoms with Crippen LogP contribution in [0.3, 0.4) is 0 Å². The van der Waals surface area contributed by atoms with Gasteiger partial charge in [0.15, 0.2) is 0 Å². The number of amides is 2. The summed E-state index contributed by atoms with van der Waals surface area (Å²) < 4.78 is 5.23. The Morgan fingerprint density at radius 3 is 2.52 bits per heavy atom. The van der Waals surface area contributed by atoms with E-state index >= 15 is 0 Å². The third-order valence-corrected chi connectivity index (χ3v) is 5.75. The molecule has 3 rings (SSSR count). The van der Waals surface area contributed by atoms with Crippen LogP contribution in [0.5, 0.6) is 5.75 Å². The minimum absolute atomic E-state index is 0.0240. The zero-order valence-corrected chi connectivity index (χ0v) is 17.5. The van der Waals surface area contributed by atoms with E-state index in [9.17, 15) is 9.59 Å². The van der Waals surface area contributed by atoms with E-state index < -0.39 is 0 Å². The van der Waals surface area contributed by atoms with Crippen molar-refractivity contribution in [1.82, 2.24) is 10.2 Å². The van der Waals surface area contributed by atoms with E-state index in [2.05, 4.69) is 5.32 Å². The summed E-state index contributed by atoms with van der Waals surface area (Å²) in [5, 5.41) is 3.04. The van der Waals surface area contributed by atoms with Crippen LogP contribution < -0.4 is 10.1 Å². The number of hydrogen-bond donors (Lipinski definition) is 1. The van der Waals surface area contributed by atoms with E-state index in [0.29, 0.717) is 32.5 Å². The largest absolute Gasteiger partial charge is 0.497 e. The lowest BCUT2D eigenvalue weighted by molar-refractivity contribution is -0.126. The van der Waals surface area contributed by atoms with Gasteiger partial charge in [0, 0.05) is 31.1 Å². The third-order valence-electron chi connectivity index (χ3n) is 5.75. The van der Waals surface area contributed by atoms with Crippen LogP contribution in [0, 0.1) is 19.8 Å². The van der Waals surface area contributed by atoms with Crippen molar-refractivity contribution < 1.29 is 14.3 Å². The molecule has 29 heavy (non-hydrogen) atoms. The molecule has 1 saturated heterocycles. The summed E-state index contributed by atoms with van der Waals surface area (Å²) in [7, 11) is 1.65. The topological polar surface area (TPSA) is 58.6 Å². The maximum absolute atomic E-state index is 12.7. The average Bonchev–Trinajstić information content (AvgIpc) is 2.75. The number of hydrogen-bond acceptors (Lipinski definition) is 3. The Kier molecular flexibility index (Phi) is 6.91. The zero-order valence-electron chi connectivity index (χ0n) is 17.5. The van der Waals surface area contributed by atoms with Crippen molar-refractivity contribution in [3.63, 3.8) is 0 Å². The first kappa shape index (κ1) is 20.9. The zero-order chi connectivity index (χ0) is 20.8. The minimum Gasteiger partial charge on any atom is -0.497 e. The summed E-state index contributed by atoms with van der Waals surface area (Å²) in [4.78, 5) is 27.1. The van der Waals surface area contributed by atoms with E-state index in [-0.39, 0.29) is 17.7 Å². The van der Waals surface area contributed by atoms with Crippen LogP contribution in [0.25, 0.3) is 0 Å². The van der Waals surface area contributed by atoms with Crippen molar-refractivity contribution in [2.75, 3.05) is 26.7 Å². The van der Waals surface area contributed by atoms with Gasteiger partial charge in [-0.15, -0.1) is 0 Å². The lowest BCUT2D eigenvalue weighted by Crippen LogP contribution is -2.43. The summed E-state index contributed by atoms with van der Waals surface area (Å²) in [6, 6.07) is 13.7. The Morgan fingerprint density at radius 1 is 1.07 bits per heavy atom. The van der Waals surface area contributed by atoms with Gasteiger partial charge in [-0.3, -0.25) is 9.59 Å². The van der Waals surface area contributed by atoms with Gasteiger partial charge in [-0.2, -0.15) is 0 Å². The summed E-state index contributed by atoms with van der Waals surface area (Å²) >= 11 is 0. The first-order chi connectivity index (χ1) is 14.0. The molecule has 5 heteroatoms. The second-order valence-corrected chi connectivity index (χ2v) is 7.76. The van der Waals surface area contributed by atoms with Crippen LogP contribution >= 0.6 is 0 Å². The molecule has 0 radical (unpaired) electrons. The Labute approximate surface area is 173 Å². The molecule has 5 nitrogen and oxygen atoms in total. The SMILES string of the molecule is COc1cccc(CCNC(=O)C2CCN(C(=O)c3ccc(C)c(C)c3)CC2)c1. The summed E-state index contributed by atoms with van der Waals surface area (Å²) in [5.41, 5.74) is 4.18. The molecule has 0 spiro atoms. The second kappa shape index (κ2) is 9.59. The Hall–Kier alpha value is -2.82. The number of benzene rings is 2. The van der Waals surface area contributed by atoms with Crippen LogP contribution in [0.1, 0.15) is 39.9 Å². The molecule has 154 valence electrons. The first-order valence-corrected chi connectivity index (χ1v) is 10.2. The molecule has 0 saturated carbocycles. The van der Waals surface area contributed by atoms with Gasteiger partial charge in [0.05, 0.1) is 7.11 Å². The van der Waals surface area contributed by atoms with E-state index in [0.717, 1.165) is 28.9 Å². The molecule has 0 unspecified atom stereocenters. The summed E-state index contributed by atoms with van der Waals surface area (Å²) in [5.74, 6) is 0.954. The van der Waals surface area contributed by atoms with Gasteiger partial charge in [-0.1, -0.05) is 18.2 Å². The number of carbonyl (C=O) groups is 2. The van der Waals surface area contributed by atoms with Crippen molar-refractivity contribution in [3.8, 4) is 5.75 Å². The quantitative estimate of drug-likeness (QED) is 0.816. The molecule has 0 atom stereocenters. The smallest absolute Gasteiger partial charge is 0.253 e. The second-order valence-electron chi connectivity index (χ2n) is 7.76. The van der Waals surface area contributed by atoms with Crippen LogP contribution in [0.15, 0.2) is 42.5 Å². The van der Waals surface area contributed by atoms with Crippen LogP contribution in [-0.2, 0) is 11.2 Å². The molecular formula is C24H30N2O3. The van der Waals surface area contributed by atoms with Crippen molar-refractivity contribution in [1.29, 1.82) is 0 Å². The monoisotopic (exact) mass is 394 g/mol. The predicted molar refractivity (Wildman–Crippen MR) is 114 cm³/mol. The number of rotatable bonds is 6. The number of aryl methyl sites for hydroxylation is 2. The molecule has 1 aliphatic heterocycles. The number of piperidine rings is 1. The highest BCUT2D eigenvalue weighted by atomic mass is 16.5. The van der Waals surface area contributed by atoms with Gasteiger partial charge < -0.3 is 15.0 Å². The van der Waals surface area contributed by atoms with Crippen LogP contribution in [0.2, 0.25) is 0 Å². The fourth-order valence-corrected chi connectivity index (χ4v) is 3.70. The molecule has 0 aromatic heterocycles. The molecule has 0 bridgehead atoms. The van der Waals surface area contributed by atoms with Crippen molar-refractivity contribution in [2.45, 2.75) is 33.1 Å². The number of nitrogens with zero attached hydrogens (tertiary/aromatic N) is 1. The highest BCUT2D eigenvalue weighted by molar-refractivity contribution is 5.94. The summed E-state index contributed by atoms with van der Waals surface area (Å²) in [6.45, 7) is 5.92. The standard InChI is InChI=1S/C24H30N2O3/c1-17-7-8-21(15-18(17)2)24(28)26-13-10-20(11-14-26)23(27)25-12-9-19-5-4-6-22(16-19)29-3/h4-8,15-16,20H,9-14H2,1-3H3,(H,25,27). The van der Waals surface area contributed by atoms with Gasteiger partial charge in [0.2, 0.25) is 5.91 Å². The highest BCUT2D eigenvalue weighted by Crippen LogP contribution is 2.20. The fraction of sp³-hybridized carbons (Fsp3) is 0.417. The molecule has 1 heterocycles. The Bertz CT molecular complexity index is 870. The molecule has 1 fully saturated rings. The minimum atomic E-state index is -0.0240. The van der Waals surface area contributed by atoms with Gasteiger partial charge in [-0.05, 0) is 74.1 Å². The molecule has 2 aromatic carbocycles. The molecule has 1 N–H and O–H groups in total. The molecule has 2 amide bonds. The number of methoxy groups -OCH3 is 1. The molecule has 2 aromatic rings. The first-order valence-electron chi connectivity index (χ1n) is 10.2. The van der Waals surface area contributed by atoms with Gasteiger partial charge in [0.25, 0.3) is 5.91 Å². The molecular weight excluding hydrogens is 364 g/mol. The van der Waals surface area contributed by atoms with E-state index in [1.54, 1.807) is 7.11 Å². The average molecular weight is 395 g/mol. The number of nitrogens with one attached hydrogen (secondary N) is 1. The van der Waals surface area contributed by atoms with E-state index in [4.69, 9.17) is 4.74 Å². The predicted octanol–water partition coefficient (Wildman–Crippen LogP) is 3.52. The number of ether oxygens (including phenoxy) is 1. The van der Waals surface area contributed by atoms with E-state index in [1.165, 1.54) is 5.56 Å². The van der Waals surface area contributed by atoms with E-state index in [1.807, 2.05) is 61.2 Å². The summed E-state index contributed by atoms with van der Waals surface area (Å²) in [6.07, 6.45) is 2.19. The maximum atomic E-state index is 12.7. The maximum Gasteiger partial charge on any atom is 0.253 e.